The molecule has 0 radical (unpaired) electrons. The van der Waals surface area contributed by atoms with Gasteiger partial charge >= 0.3 is 0 Å². The SMILES string of the molecule is O=C(NCC(=O)N1CCN(c2cccc(Cl)c2)CC1)c1ccc2nncn2c1. The molecule has 1 N–H and O–H groups in total. The second-order valence-electron chi connectivity index (χ2n) is 6.54. The third-order valence-corrected chi connectivity index (χ3v) is 4.99. The number of pyridine rings is 1. The molecule has 1 fully saturated rings. The molecule has 0 atom stereocenters. The summed E-state index contributed by atoms with van der Waals surface area (Å²) in [6.45, 7) is 2.63. The summed E-state index contributed by atoms with van der Waals surface area (Å²) in [7, 11) is 0. The summed E-state index contributed by atoms with van der Waals surface area (Å²) < 4.78 is 1.66. The molecule has 0 spiro atoms. The number of fused-ring (bicyclic) bond motifs is 1. The Morgan fingerprint density at radius 1 is 1.11 bits per heavy atom. The number of aromatic nitrogens is 3. The van der Waals surface area contributed by atoms with Gasteiger partial charge in [-0.1, -0.05) is 17.7 Å². The zero-order chi connectivity index (χ0) is 19.5. The summed E-state index contributed by atoms with van der Waals surface area (Å²) in [6.07, 6.45) is 3.16. The topological polar surface area (TPSA) is 82.8 Å². The molecule has 8 nitrogen and oxygen atoms in total. The minimum Gasteiger partial charge on any atom is -0.368 e. The number of carbonyl (C=O) groups excluding carboxylic acids is 2. The van der Waals surface area contributed by atoms with Crippen molar-refractivity contribution in [3.05, 3.63) is 59.5 Å². The summed E-state index contributed by atoms with van der Waals surface area (Å²) in [5, 5.41) is 11.1. The highest BCUT2D eigenvalue weighted by atomic mass is 35.5. The predicted octanol–water partition coefficient (Wildman–Crippen LogP) is 1.46. The van der Waals surface area contributed by atoms with Gasteiger partial charge in [-0.15, -0.1) is 10.2 Å². The Hall–Kier alpha value is -3.13. The van der Waals surface area contributed by atoms with Crippen LogP contribution in [0.1, 0.15) is 10.4 Å². The molecule has 144 valence electrons. The minimum atomic E-state index is -0.304. The van der Waals surface area contributed by atoms with Gasteiger partial charge in [0, 0.05) is 43.1 Å². The first-order valence-electron chi connectivity index (χ1n) is 8.96. The van der Waals surface area contributed by atoms with Gasteiger partial charge in [0.1, 0.15) is 6.33 Å². The zero-order valence-corrected chi connectivity index (χ0v) is 15.8. The largest absolute Gasteiger partial charge is 0.368 e. The van der Waals surface area contributed by atoms with Crippen molar-refractivity contribution in [2.75, 3.05) is 37.6 Å². The van der Waals surface area contributed by atoms with Crippen LogP contribution in [0.25, 0.3) is 5.65 Å². The second kappa shape index (κ2) is 7.85. The Morgan fingerprint density at radius 2 is 1.93 bits per heavy atom. The Bertz CT molecular complexity index is 1010. The summed E-state index contributed by atoms with van der Waals surface area (Å²) >= 11 is 6.05. The summed E-state index contributed by atoms with van der Waals surface area (Å²) in [5.41, 5.74) is 2.16. The molecule has 4 rings (SSSR count). The van der Waals surface area contributed by atoms with Crippen molar-refractivity contribution < 1.29 is 9.59 Å². The van der Waals surface area contributed by atoms with E-state index in [1.807, 2.05) is 24.3 Å². The normalized spacial score (nSPS) is 14.3. The summed E-state index contributed by atoms with van der Waals surface area (Å²) in [5.74, 6) is -0.397. The molecule has 0 saturated carbocycles. The number of halogens is 1. The molecule has 28 heavy (non-hydrogen) atoms. The van der Waals surface area contributed by atoms with Gasteiger partial charge in [-0.25, -0.2) is 0 Å². The minimum absolute atomic E-state index is 0.0315. The molecule has 1 aromatic carbocycles. The first-order valence-corrected chi connectivity index (χ1v) is 9.34. The number of anilines is 1. The Balaban J connectivity index is 1.29. The van der Waals surface area contributed by atoms with E-state index in [-0.39, 0.29) is 18.4 Å². The van der Waals surface area contributed by atoms with E-state index in [4.69, 9.17) is 11.6 Å². The number of benzene rings is 1. The maximum absolute atomic E-state index is 12.4. The first kappa shape index (κ1) is 18.2. The fourth-order valence-electron chi connectivity index (χ4n) is 3.22. The van der Waals surface area contributed by atoms with Crippen molar-refractivity contribution in [1.82, 2.24) is 24.8 Å². The third-order valence-electron chi connectivity index (χ3n) is 4.76. The van der Waals surface area contributed by atoms with Crippen LogP contribution in [0.15, 0.2) is 48.9 Å². The molecule has 1 aliphatic rings. The second-order valence-corrected chi connectivity index (χ2v) is 6.98. The van der Waals surface area contributed by atoms with Crippen molar-refractivity contribution in [2.24, 2.45) is 0 Å². The van der Waals surface area contributed by atoms with Crippen LogP contribution in [-0.4, -0.2) is 64.0 Å². The molecule has 0 bridgehead atoms. The van der Waals surface area contributed by atoms with Crippen molar-refractivity contribution in [1.29, 1.82) is 0 Å². The van der Waals surface area contributed by atoms with Gasteiger partial charge in [0.15, 0.2) is 5.65 Å². The number of carbonyl (C=O) groups is 2. The van der Waals surface area contributed by atoms with Crippen LogP contribution in [0.3, 0.4) is 0 Å². The average Bonchev–Trinajstić information content (AvgIpc) is 3.20. The van der Waals surface area contributed by atoms with Crippen LogP contribution in [0.4, 0.5) is 5.69 Å². The van der Waals surface area contributed by atoms with Crippen LogP contribution < -0.4 is 10.2 Å². The van der Waals surface area contributed by atoms with E-state index in [2.05, 4.69) is 20.4 Å². The number of hydrogen-bond donors (Lipinski definition) is 1. The van der Waals surface area contributed by atoms with E-state index < -0.39 is 0 Å². The summed E-state index contributed by atoms with van der Waals surface area (Å²) in [4.78, 5) is 28.7. The van der Waals surface area contributed by atoms with Crippen LogP contribution in [0, 0.1) is 0 Å². The highest BCUT2D eigenvalue weighted by molar-refractivity contribution is 6.30. The van der Waals surface area contributed by atoms with Gasteiger partial charge in [0.2, 0.25) is 5.91 Å². The number of amides is 2. The van der Waals surface area contributed by atoms with Gasteiger partial charge < -0.3 is 15.1 Å². The first-order chi connectivity index (χ1) is 13.6. The molecule has 3 aromatic rings. The number of hydrogen-bond acceptors (Lipinski definition) is 5. The van der Waals surface area contributed by atoms with E-state index in [0.29, 0.717) is 29.3 Å². The van der Waals surface area contributed by atoms with Gasteiger partial charge in [-0.3, -0.25) is 14.0 Å². The van der Waals surface area contributed by atoms with Crippen molar-refractivity contribution in [3.8, 4) is 0 Å². The highest BCUT2D eigenvalue weighted by Crippen LogP contribution is 2.20. The maximum atomic E-state index is 12.4. The van der Waals surface area contributed by atoms with Crippen molar-refractivity contribution in [2.45, 2.75) is 0 Å². The van der Waals surface area contributed by atoms with Crippen LogP contribution in [0.2, 0.25) is 5.02 Å². The molecule has 9 heteroatoms. The number of nitrogens with one attached hydrogen (secondary N) is 1. The molecule has 0 aliphatic carbocycles. The zero-order valence-electron chi connectivity index (χ0n) is 15.1. The Kier molecular flexibility index (Phi) is 5.12. The maximum Gasteiger partial charge on any atom is 0.253 e. The lowest BCUT2D eigenvalue weighted by molar-refractivity contribution is -0.130. The van der Waals surface area contributed by atoms with Gasteiger partial charge in [0.05, 0.1) is 12.1 Å². The average molecular weight is 399 g/mol. The van der Waals surface area contributed by atoms with Crippen molar-refractivity contribution in [3.63, 3.8) is 0 Å². The van der Waals surface area contributed by atoms with Crippen molar-refractivity contribution >= 4 is 34.7 Å². The molecular formula is C19H19ClN6O2. The fourth-order valence-corrected chi connectivity index (χ4v) is 3.40. The van der Waals surface area contributed by atoms with Gasteiger partial charge in [-0.05, 0) is 30.3 Å². The number of rotatable bonds is 4. The standard InChI is InChI=1S/C19H19ClN6O2/c20-15-2-1-3-16(10-15)24-6-8-25(9-7-24)18(27)11-21-19(28)14-4-5-17-23-22-13-26(17)12-14/h1-5,10,12-13H,6-9,11H2,(H,21,28). The smallest absolute Gasteiger partial charge is 0.253 e. The van der Waals surface area contributed by atoms with Gasteiger partial charge in [-0.2, -0.15) is 0 Å². The molecule has 2 aromatic heterocycles. The number of nitrogens with zero attached hydrogens (tertiary/aromatic N) is 5. The predicted molar refractivity (Wildman–Crippen MR) is 106 cm³/mol. The quantitative estimate of drug-likeness (QED) is 0.719. The Morgan fingerprint density at radius 3 is 2.71 bits per heavy atom. The lowest BCUT2D eigenvalue weighted by Gasteiger charge is -2.36. The lowest BCUT2D eigenvalue weighted by atomic mass is 10.2. The van der Waals surface area contributed by atoms with E-state index >= 15 is 0 Å². The molecule has 3 heterocycles. The fraction of sp³-hybridized carbons (Fsp3) is 0.263. The van der Waals surface area contributed by atoms with E-state index in [0.717, 1.165) is 18.8 Å². The molecular weight excluding hydrogens is 380 g/mol. The van der Waals surface area contributed by atoms with E-state index in [1.165, 1.54) is 6.33 Å². The monoisotopic (exact) mass is 398 g/mol. The molecule has 1 saturated heterocycles. The van der Waals surface area contributed by atoms with E-state index in [1.54, 1.807) is 27.6 Å². The highest BCUT2D eigenvalue weighted by Gasteiger charge is 2.22. The third kappa shape index (κ3) is 3.91. The van der Waals surface area contributed by atoms with Crippen LogP contribution in [0.5, 0.6) is 0 Å². The Labute approximate surface area is 166 Å². The van der Waals surface area contributed by atoms with Gasteiger partial charge in [0.25, 0.3) is 5.91 Å². The lowest BCUT2D eigenvalue weighted by Crippen LogP contribution is -2.51. The van der Waals surface area contributed by atoms with E-state index in [9.17, 15) is 9.59 Å². The van der Waals surface area contributed by atoms with Crippen LogP contribution in [-0.2, 0) is 4.79 Å². The molecule has 0 unspecified atom stereocenters. The molecule has 1 aliphatic heterocycles. The summed E-state index contributed by atoms with van der Waals surface area (Å²) in [6, 6.07) is 11.1. The number of piperazine rings is 1. The van der Waals surface area contributed by atoms with Crippen LogP contribution >= 0.6 is 11.6 Å². The molecule has 2 amide bonds.